The van der Waals surface area contributed by atoms with Gasteiger partial charge in [0.1, 0.15) is 5.75 Å². The predicted molar refractivity (Wildman–Crippen MR) is 87.1 cm³/mol. The molecule has 1 aromatic carbocycles. The van der Waals surface area contributed by atoms with Crippen molar-refractivity contribution in [2.24, 2.45) is 0 Å². The molecule has 0 fully saturated rings. The molecule has 2 aromatic rings. The Balaban J connectivity index is 2.20. The minimum atomic E-state index is 0.0363. The van der Waals surface area contributed by atoms with Crippen LogP contribution in [-0.4, -0.2) is 10.5 Å². The molecule has 0 bridgehead atoms. The highest BCUT2D eigenvalue weighted by molar-refractivity contribution is 6.32. The predicted octanol–water partition coefficient (Wildman–Crippen LogP) is 4.72. The number of nitrogens with zero attached hydrogens (tertiary/aromatic N) is 1. The normalized spacial score (nSPS) is 11.5. The van der Waals surface area contributed by atoms with E-state index in [1.807, 2.05) is 37.3 Å². The Kier molecular flexibility index (Phi) is 4.86. The van der Waals surface area contributed by atoms with Crippen molar-refractivity contribution in [2.75, 3.05) is 0 Å². The smallest absolute Gasteiger partial charge is 0.223 e. The first-order valence-corrected chi connectivity index (χ1v) is 7.36. The molecule has 1 aromatic heterocycles. The summed E-state index contributed by atoms with van der Waals surface area (Å²) in [6, 6.07) is 9.63. The van der Waals surface area contributed by atoms with Crippen LogP contribution in [0.15, 0.2) is 36.5 Å². The number of aromatic nitrogens is 1. The van der Waals surface area contributed by atoms with E-state index >= 15 is 0 Å². The summed E-state index contributed by atoms with van der Waals surface area (Å²) < 4.78 is 5.88. The van der Waals surface area contributed by atoms with Gasteiger partial charge in [-0.05, 0) is 51.5 Å². The maximum Gasteiger partial charge on any atom is 0.223 e. The summed E-state index contributed by atoms with van der Waals surface area (Å²) in [5, 5.41) is 4.03. The number of hydrogen-bond donors (Lipinski definition) is 1. The molecule has 21 heavy (non-hydrogen) atoms. The Hall–Kier alpha value is -1.58. The van der Waals surface area contributed by atoms with E-state index in [4.69, 9.17) is 16.3 Å². The van der Waals surface area contributed by atoms with Crippen LogP contribution >= 0.6 is 11.6 Å². The number of halogens is 1. The molecular weight excluding hydrogens is 284 g/mol. The Bertz CT molecular complexity index is 620. The molecule has 0 amide bonds. The largest absolute Gasteiger partial charge is 0.437 e. The van der Waals surface area contributed by atoms with E-state index in [1.165, 1.54) is 0 Å². The standard InChI is InChI=1S/C17H21ClN2O/c1-12-7-8-15(14(18)10-12)21-16-13(6-5-9-19-16)11-20-17(2,3)4/h5-10,20H,11H2,1-4H3. The van der Waals surface area contributed by atoms with Crippen LogP contribution in [-0.2, 0) is 6.54 Å². The van der Waals surface area contributed by atoms with Gasteiger partial charge in [0.15, 0.2) is 0 Å². The van der Waals surface area contributed by atoms with Gasteiger partial charge >= 0.3 is 0 Å². The highest BCUT2D eigenvalue weighted by atomic mass is 35.5. The monoisotopic (exact) mass is 304 g/mol. The second-order valence-corrected chi connectivity index (χ2v) is 6.51. The van der Waals surface area contributed by atoms with Crippen LogP contribution in [0.5, 0.6) is 11.6 Å². The fourth-order valence-electron chi connectivity index (χ4n) is 1.80. The van der Waals surface area contributed by atoms with Gasteiger partial charge in [0.05, 0.1) is 5.02 Å². The lowest BCUT2D eigenvalue weighted by atomic mass is 10.1. The molecule has 0 aliphatic heterocycles. The maximum atomic E-state index is 6.21. The Morgan fingerprint density at radius 1 is 1.24 bits per heavy atom. The van der Waals surface area contributed by atoms with Crippen molar-refractivity contribution in [1.29, 1.82) is 0 Å². The van der Waals surface area contributed by atoms with E-state index in [0.717, 1.165) is 11.1 Å². The topological polar surface area (TPSA) is 34.1 Å². The molecule has 1 heterocycles. The first-order chi connectivity index (χ1) is 9.85. The number of ether oxygens (including phenoxy) is 1. The molecule has 0 saturated carbocycles. The maximum absolute atomic E-state index is 6.21. The van der Waals surface area contributed by atoms with Crippen LogP contribution in [0.4, 0.5) is 0 Å². The third-order valence-corrected chi connectivity index (χ3v) is 3.25. The molecule has 4 heteroatoms. The van der Waals surface area contributed by atoms with Crippen molar-refractivity contribution in [3.63, 3.8) is 0 Å². The molecule has 0 atom stereocenters. The molecule has 3 nitrogen and oxygen atoms in total. The number of benzene rings is 1. The molecule has 0 radical (unpaired) electrons. The fourth-order valence-corrected chi connectivity index (χ4v) is 2.08. The summed E-state index contributed by atoms with van der Waals surface area (Å²) in [4.78, 5) is 4.32. The van der Waals surface area contributed by atoms with E-state index in [2.05, 4.69) is 31.1 Å². The molecular formula is C17H21ClN2O. The lowest BCUT2D eigenvalue weighted by Crippen LogP contribution is -2.35. The number of aryl methyl sites for hydroxylation is 1. The molecule has 2 rings (SSSR count). The Labute approximate surface area is 131 Å². The fraction of sp³-hybridized carbons (Fsp3) is 0.353. The summed E-state index contributed by atoms with van der Waals surface area (Å²) in [6.07, 6.45) is 1.72. The SMILES string of the molecule is Cc1ccc(Oc2ncccc2CNC(C)(C)C)c(Cl)c1. The van der Waals surface area contributed by atoms with Gasteiger partial charge in [0, 0.05) is 23.8 Å². The summed E-state index contributed by atoms with van der Waals surface area (Å²) in [5.74, 6) is 1.21. The van der Waals surface area contributed by atoms with Crippen LogP contribution in [0.3, 0.4) is 0 Å². The third kappa shape index (κ3) is 4.73. The van der Waals surface area contributed by atoms with Gasteiger partial charge in [-0.3, -0.25) is 0 Å². The van der Waals surface area contributed by atoms with Crippen molar-refractivity contribution >= 4 is 11.6 Å². The molecule has 0 aliphatic carbocycles. The van der Waals surface area contributed by atoms with Crippen LogP contribution in [0, 0.1) is 6.92 Å². The van der Waals surface area contributed by atoms with Crippen molar-refractivity contribution < 1.29 is 4.74 Å². The molecule has 112 valence electrons. The highest BCUT2D eigenvalue weighted by Gasteiger charge is 2.13. The van der Waals surface area contributed by atoms with Gasteiger partial charge in [0.25, 0.3) is 0 Å². The number of hydrogen-bond acceptors (Lipinski definition) is 3. The zero-order valence-electron chi connectivity index (χ0n) is 12.9. The number of nitrogens with one attached hydrogen (secondary N) is 1. The molecule has 0 unspecified atom stereocenters. The average molecular weight is 305 g/mol. The minimum absolute atomic E-state index is 0.0363. The van der Waals surface area contributed by atoms with E-state index < -0.39 is 0 Å². The van der Waals surface area contributed by atoms with Crippen molar-refractivity contribution in [3.05, 3.63) is 52.7 Å². The van der Waals surface area contributed by atoms with Crippen molar-refractivity contribution in [3.8, 4) is 11.6 Å². The van der Waals surface area contributed by atoms with Gasteiger partial charge in [-0.25, -0.2) is 4.98 Å². The number of pyridine rings is 1. The van der Waals surface area contributed by atoms with Gasteiger partial charge in [-0.1, -0.05) is 23.7 Å². The second-order valence-electron chi connectivity index (χ2n) is 6.11. The lowest BCUT2D eigenvalue weighted by Gasteiger charge is -2.21. The zero-order chi connectivity index (χ0) is 15.5. The second kappa shape index (κ2) is 6.46. The van der Waals surface area contributed by atoms with Gasteiger partial charge in [-0.2, -0.15) is 0 Å². The van der Waals surface area contributed by atoms with Gasteiger partial charge in [0.2, 0.25) is 5.88 Å². The van der Waals surface area contributed by atoms with E-state index in [0.29, 0.717) is 23.2 Å². The number of rotatable bonds is 4. The summed E-state index contributed by atoms with van der Waals surface area (Å²) in [5.41, 5.74) is 2.14. The molecule has 0 aliphatic rings. The van der Waals surface area contributed by atoms with E-state index in [-0.39, 0.29) is 5.54 Å². The third-order valence-electron chi connectivity index (χ3n) is 2.95. The van der Waals surface area contributed by atoms with Crippen LogP contribution in [0.25, 0.3) is 0 Å². The van der Waals surface area contributed by atoms with Crippen LogP contribution < -0.4 is 10.1 Å². The minimum Gasteiger partial charge on any atom is -0.437 e. The highest BCUT2D eigenvalue weighted by Crippen LogP contribution is 2.30. The molecule has 1 N–H and O–H groups in total. The first kappa shape index (κ1) is 15.8. The van der Waals surface area contributed by atoms with Crippen molar-refractivity contribution in [2.45, 2.75) is 39.8 Å². The van der Waals surface area contributed by atoms with Crippen LogP contribution in [0.1, 0.15) is 31.9 Å². The van der Waals surface area contributed by atoms with Gasteiger partial charge in [-0.15, -0.1) is 0 Å². The molecule has 0 spiro atoms. The zero-order valence-corrected chi connectivity index (χ0v) is 13.7. The average Bonchev–Trinajstić information content (AvgIpc) is 2.40. The van der Waals surface area contributed by atoms with E-state index in [9.17, 15) is 0 Å². The summed E-state index contributed by atoms with van der Waals surface area (Å²) in [7, 11) is 0. The Morgan fingerprint density at radius 3 is 2.67 bits per heavy atom. The Morgan fingerprint density at radius 2 is 2.00 bits per heavy atom. The molecule has 0 saturated heterocycles. The quantitative estimate of drug-likeness (QED) is 0.887. The summed E-state index contributed by atoms with van der Waals surface area (Å²) >= 11 is 6.21. The van der Waals surface area contributed by atoms with Crippen LogP contribution in [0.2, 0.25) is 5.02 Å². The van der Waals surface area contributed by atoms with E-state index in [1.54, 1.807) is 6.20 Å². The summed E-state index contributed by atoms with van der Waals surface area (Å²) in [6.45, 7) is 9.06. The van der Waals surface area contributed by atoms with Crippen molar-refractivity contribution in [1.82, 2.24) is 10.3 Å². The van der Waals surface area contributed by atoms with Gasteiger partial charge < -0.3 is 10.1 Å². The lowest BCUT2D eigenvalue weighted by molar-refractivity contribution is 0.409. The first-order valence-electron chi connectivity index (χ1n) is 6.98.